The molecule has 17 heavy (non-hydrogen) atoms. The SMILES string of the molecule is CSCC(C)(O)CNC(=O)c1c[nH]c(C#N)c1. The summed E-state index contributed by atoms with van der Waals surface area (Å²) in [4.78, 5) is 14.3. The Hall–Kier alpha value is -1.45. The van der Waals surface area contributed by atoms with Crippen LogP contribution in [0.3, 0.4) is 0 Å². The second-order valence-corrected chi connectivity index (χ2v) is 4.89. The Labute approximate surface area is 104 Å². The van der Waals surface area contributed by atoms with Crippen LogP contribution >= 0.6 is 11.8 Å². The molecule has 0 fully saturated rings. The summed E-state index contributed by atoms with van der Waals surface area (Å²) in [6.07, 6.45) is 3.36. The molecule has 0 aliphatic heterocycles. The second kappa shape index (κ2) is 5.75. The maximum atomic E-state index is 11.7. The smallest absolute Gasteiger partial charge is 0.252 e. The first kappa shape index (κ1) is 13.6. The molecule has 6 heteroatoms. The van der Waals surface area contributed by atoms with Crippen LogP contribution in [0, 0.1) is 11.3 Å². The Kier molecular flexibility index (Phi) is 4.61. The van der Waals surface area contributed by atoms with Gasteiger partial charge in [-0.1, -0.05) is 0 Å². The van der Waals surface area contributed by atoms with Crippen molar-refractivity contribution in [2.24, 2.45) is 0 Å². The molecule has 0 aromatic carbocycles. The predicted molar refractivity (Wildman–Crippen MR) is 66.8 cm³/mol. The van der Waals surface area contributed by atoms with E-state index < -0.39 is 5.60 Å². The molecule has 1 rings (SSSR count). The van der Waals surface area contributed by atoms with E-state index in [1.54, 1.807) is 6.92 Å². The molecule has 0 saturated heterocycles. The van der Waals surface area contributed by atoms with Crippen molar-refractivity contribution in [3.8, 4) is 6.07 Å². The summed E-state index contributed by atoms with van der Waals surface area (Å²) in [5, 5.41) is 21.1. The first-order chi connectivity index (χ1) is 7.98. The van der Waals surface area contributed by atoms with Crippen LogP contribution in [0.25, 0.3) is 0 Å². The molecular weight excluding hydrogens is 238 g/mol. The van der Waals surface area contributed by atoms with Crippen molar-refractivity contribution in [2.75, 3.05) is 18.6 Å². The first-order valence-corrected chi connectivity index (χ1v) is 6.46. The number of nitriles is 1. The van der Waals surface area contributed by atoms with E-state index in [1.165, 1.54) is 24.0 Å². The minimum Gasteiger partial charge on any atom is -0.387 e. The number of amides is 1. The van der Waals surface area contributed by atoms with Crippen molar-refractivity contribution >= 4 is 17.7 Å². The van der Waals surface area contributed by atoms with Crippen molar-refractivity contribution in [2.45, 2.75) is 12.5 Å². The van der Waals surface area contributed by atoms with E-state index in [4.69, 9.17) is 5.26 Å². The van der Waals surface area contributed by atoms with E-state index in [-0.39, 0.29) is 12.5 Å². The number of carbonyl (C=O) groups is 1. The molecule has 0 saturated carbocycles. The number of hydrogen-bond donors (Lipinski definition) is 3. The Balaban J connectivity index is 2.53. The third kappa shape index (κ3) is 4.13. The maximum absolute atomic E-state index is 11.7. The number of aliphatic hydroxyl groups is 1. The number of carbonyl (C=O) groups excluding carboxylic acids is 1. The van der Waals surface area contributed by atoms with Gasteiger partial charge in [-0.3, -0.25) is 4.79 Å². The molecule has 0 aliphatic carbocycles. The standard InChI is InChI=1S/C11H15N3O2S/c1-11(16,7-17-2)6-14-10(15)8-3-9(4-12)13-5-8/h3,5,13,16H,6-7H2,1-2H3,(H,14,15). The predicted octanol–water partition coefficient (Wildman–Crippen LogP) is 0.730. The van der Waals surface area contributed by atoms with Gasteiger partial charge in [0.15, 0.2) is 0 Å². The highest BCUT2D eigenvalue weighted by atomic mass is 32.2. The highest BCUT2D eigenvalue weighted by molar-refractivity contribution is 7.98. The van der Waals surface area contributed by atoms with E-state index in [2.05, 4.69) is 10.3 Å². The quantitative estimate of drug-likeness (QED) is 0.721. The lowest BCUT2D eigenvalue weighted by atomic mass is 10.1. The van der Waals surface area contributed by atoms with Crippen molar-refractivity contribution in [1.29, 1.82) is 5.26 Å². The van der Waals surface area contributed by atoms with Crippen molar-refractivity contribution in [3.05, 3.63) is 23.5 Å². The van der Waals surface area contributed by atoms with Crippen molar-refractivity contribution in [1.82, 2.24) is 10.3 Å². The molecular formula is C11H15N3O2S. The molecule has 0 radical (unpaired) electrons. The zero-order chi connectivity index (χ0) is 12.9. The summed E-state index contributed by atoms with van der Waals surface area (Å²) in [5.41, 5.74) is -0.198. The number of thioether (sulfide) groups is 1. The van der Waals surface area contributed by atoms with Crippen LogP contribution in [0.5, 0.6) is 0 Å². The van der Waals surface area contributed by atoms with E-state index >= 15 is 0 Å². The van der Waals surface area contributed by atoms with Crippen LogP contribution in [0.2, 0.25) is 0 Å². The molecule has 1 amide bonds. The number of nitrogens with one attached hydrogen (secondary N) is 2. The summed E-state index contributed by atoms with van der Waals surface area (Å²) in [7, 11) is 0. The third-order valence-electron chi connectivity index (χ3n) is 2.15. The number of aromatic amines is 1. The Morgan fingerprint density at radius 2 is 2.47 bits per heavy atom. The van der Waals surface area contributed by atoms with E-state index in [0.717, 1.165) is 0 Å². The molecule has 1 aromatic rings. The van der Waals surface area contributed by atoms with Crippen molar-refractivity contribution < 1.29 is 9.90 Å². The van der Waals surface area contributed by atoms with Crippen LogP contribution in [0.15, 0.2) is 12.3 Å². The minimum absolute atomic E-state index is 0.180. The average molecular weight is 253 g/mol. The lowest BCUT2D eigenvalue weighted by molar-refractivity contribution is 0.0725. The fraction of sp³-hybridized carbons (Fsp3) is 0.455. The number of H-pyrrole nitrogens is 1. The molecule has 3 N–H and O–H groups in total. The molecule has 92 valence electrons. The summed E-state index contributed by atoms with van der Waals surface area (Å²) in [6, 6.07) is 3.38. The Bertz CT molecular complexity index is 434. The molecule has 1 aromatic heterocycles. The van der Waals surface area contributed by atoms with Gasteiger partial charge in [0.25, 0.3) is 5.91 Å². The van der Waals surface area contributed by atoms with Gasteiger partial charge in [0.1, 0.15) is 11.8 Å². The molecule has 1 unspecified atom stereocenters. The van der Waals surface area contributed by atoms with E-state index in [1.807, 2.05) is 12.3 Å². The molecule has 1 atom stereocenters. The largest absolute Gasteiger partial charge is 0.387 e. The van der Waals surface area contributed by atoms with Gasteiger partial charge in [0.2, 0.25) is 0 Å². The normalized spacial score (nSPS) is 13.8. The topological polar surface area (TPSA) is 88.9 Å². The van der Waals surface area contributed by atoms with Crippen LogP contribution in [-0.4, -0.2) is 40.2 Å². The van der Waals surface area contributed by atoms with Crippen LogP contribution in [0.1, 0.15) is 23.0 Å². The number of hydrogen-bond acceptors (Lipinski definition) is 4. The number of nitrogens with zero attached hydrogens (tertiary/aromatic N) is 1. The monoisotopic (exact) mass is 253 g/mol. The lowest BCUT2D eigenvalue weighted by Crippen LogP contribution is -2.42. The molecule has 0 aliphatic rings. The van der Waals surface area contributed by atoms with Crippen LogP contribution in [0.4, 0.5) is 0 Å². The molecule has 1 heterocycles. The molecule has 0 bridgehead atoms. The fourth-order valence-electron chi connectivity index (χ4n) is 1.32. The lowest BCUT2D eigenvalue weighted by Gasteiger charge is -2.22. The Morgan fingerprint density at radius 3 is 3.00 bits per heavy atom. The highest BCUT2D eigenvalue weighted by Crippen LogP contribution is 2.09. The van der Waals surface area contributed by atoms with Gasteiger partial charge in [-0.05, 0) is 19.2 Å². The second-order valence-electron chi connectivity index (χ2n) is 4.03. The summed E-state index contributed by atoms with van der Waals surface area (Å²) >= 11 is 1.51. The summed E-state index contributed by atoms with van der Waals surface area (Å²) in [6.45, 7) is 1.85. The third-order valence-corrected chi connectivity index (χ3v) is 3.06. The average Bonchev–Trinajstić information content (AvgIpc) is 2.74. The minimum atomic E-state index is -0.927. The molecule has 5 nitrogen and oxygen atoms in total. The van der Waals surface area contributed by atoms with Gasteiger partial charge in [-0.2, -0.15) is 17.0 Å². The zero-order valence-electron chi connectivity index (χ0n) is 9.78. The van der Waals surface area contributed by atoms with Gasteiger partial charge in [-0.25, -0.2) is 0 Å². The van der Waals surface area contributed by atoms with E-state index in [0.29, 0.717) is 17.0 Å². The first-order valence-electron chi connectivity index (χ1n) is 5.06. The fourth-order valence-corrected chi connectivity index (χ4v) is 2.05. The summed E-state index contributed by atoms with van der Waals surface area (Å²) < 4.78 is 0. The summed E-state index contributed by atoms with van der Waals surface area (Å²) in [5.74, 6) is 0.244. The maximum Gasteiger partial charge on any atom is 0.252 e. The Morgan fingerprint density at radius 1 is 1.76 bits per heavy atom. The van der Waals surface area contributed by atoms with E-state index in [9.17, 15) is 9.90 Å². The van der Waals surface area contributed by atoms with Gasteiger partial charge in [0, 0.05) is 18.5 Å². The highest BCUT2D eigenvalue weighted by Gasteiger charge is 2.21. The number of rotatable bonds is 5. The molecule has 0 spiro atoms. The zero-order valence-corrected chi connectivity index (χ0v) is 10.6. The van der Waals surface area contributed by atoms with Gasteiger partial charge < -0.3 is 15.4 Å². The van der Waals surface area contributed by atoms with Crippen LogP contribution < -0.4 is 5.32 Å². The number of aromatic nitrogens is 1. The van der Waals surface area contributed by atoms with Crippen LogP contribution in [-0.2, 0) is 0 Å². The van der Waals surface area contributed by atoms with Crippen molar-refractivity contribution in [3.63, 3.8) is 0 Å². The van der Waals surface area contributed by atoms with Gasteiger partial charge >= 0.3 is 0 Å². The van der Waals surface area contributed by atoms with Gasteiger partial charge in [0.05, 0.1) is 11.2 Å². The van der Waals surface area contributed by atoms with Gasteiger partial charge in [-0.15, -0.1) is 0 Å².